The zero-order valence-electron chi connectivity index (χ0n) is 14.5. The third-order valence-electron chi connectivity index (χ3n) is 5.72. The second-order valence-corrected chi connectivity index (χ2v) is 7.33. The van der Waals surface area contributed by atoms with Crippen LogP contribution < -0.4 is 5.43 Å². The summed E-state index contributed by atoms with van der Waals surface area (Å²) in [5, 5.41) is 14.0. The highest BCUT2D eigenvalue weighted by Crippen LogP contribution is 2.46. The van der Waals surface area contributed by atoms with Crippen LogP contribution in [0.15, 0.2) is 29.3 Å². The first kappa shape index (κ1) is 14.9. The van der Waals surface area contributed by atoms with Crippen LogP contribution in [0.25, 0.3) is 22.8 Å². The molecule has 0 bridgehead atoms. The fraction of sp³-hybridized carbons (Fsp3) is 0.412. The molecular weight excluding hydrogens is 304 g/mol. The van der Waals surface area contributed by atoms with Gasteiger partial charge in [0, 0.05) is 18.0 Å². The zero-order valence-corrected chi connectivity index (χ0v) is 14.5. The van der Waals surface area contributed by atoms with Crippen molar-refractivity contribution in [1.29, 1.82) is 0 Å². The predicted molar refractivity (Wildman–Crippen MR) is 90.7 cm³/mol. The van der Waals surface area contributed by atoms with Gasteiger partial charge in [0.1, 0.15) is 0 Å². The van der Waals surface area contributed by atoms with Crippen molar-refractivity contribution in [2.24, 2.45) is 0 Å². The van der Waals surface area contributed by atoms with Crippen LogP contribution in [0.1, 0.15) is 33.3 Å². The number of hydrogen-bond donors (Lipinski definition) is 1. The normalized spacial score (nSPS) is 17.4. The van der Waals surface area contributed by atoms with E-state index in [4.69, 9.17) is 0 Å². The van der Waals surface area contributed by atoms with Gasteiger partial charge in [-0.15, -0.1) is 10.2 Å². The second-order valence-electron chi connectivity index (χ2n) is 7.33. The van der Waals surface area contributed by atoms with Gasteiger partial charge in [0.2, 0.25) is 5.82 Å². The molecule has 4 heterocycles. The van der Waals surface area contributed by atoms with Gasteiger partial charge in [-0.25, -0.2) is 0 Å². The molecule has 7 nitrogen and oxygen atoms in total. The summed E-state index contributed by atoms with van der Waals surface area (Å²) in [6.45, 7) is 10.7. The highest BCUT2D eigenvalue weighted by molar-refractivity contribution is 5.67. The average Bonchev–Trinajstić information content (AvgIpc) is 3.19. The highest BCUT2D eigenvalue weighted by Gasteiger charge is 2.46. The van der Waals surface area contributed by atoms with E-state index < -0.39 is 0 Å². The van der Waals surface area contributed by atoms with Crippen molar-refractivity contribution >= 4 is 0 Å². The maximum Gasteiger partial charge on any atom is 0.210 e. The summed E-state index contributed by atoms with van der Waals surface area (Å²) in [6, 6.07) is 4.09. The van der Waals surface area contributed by atoms with Crippen LogP contribution in [0.5, 0.6) is 0 Å². The minimum atomic E-state index is -0.259. The molecule has 7 heteroatoms. The van der Waals surface area contributed by atoms with E-state index in [1.54, 1.807) is 0 Å². The zero-order chi connectivity index (χ0) is 17.3. The van der Waals surface area contributed by atoms with E-state index in [0.29, 0.717) is 17.0 Å². The Balaban J connectivity index is 2.14. The van der Waals surface area contributed by atoms with E-state index >= 15 is 0 Å². The summed E-state index contributed by atoms with van der Waals surface area (Å²) >= 11 is 0. The van der Waals surface area contributed by atoms with Crippen LogP contribution in [-0.2, 0) is 11.1 Å². The van der Waals surface area contributed by atoms with Gasteiger partial charge in [-0.3, -0.25) is 4.79 Å². The minimum Gasteiger partial charge on any atom is -0.338 e. The maximum atomic E-state index is 12.9. The number of H-pyrrole nitrogens is 1. The van der Waals surface area contributed by atoms with Gasteiger partial charge in [0.15, 0.2) is 5.43 Å². The number of tetrazole rings is 1. The number of nitrogens with zero attached hydrogens (tertiary/aromatic N) is 5. The van der Waals surface area contributed by atoms with Crippen molar-refractivity contribution in [1.82, 2.24) is 29.8 Å². The molecule has 0 radical (unpaired) electrons. The third-order valence-corrected chi connectivity index (χ3v) is 5.72. The van der Waals surface area contributed by atoms with E-state index in [1.807, 2.05) is 19.2 Å². The fourth-order valence-corrected chi connectivity index (χ4v) is 3.58. The van der Waals surface area contributed by atoms with E-state index in [0.717, 1.165) is 11.4 Å². The molecule has 0 atom stereocenters. The van der Waals surface area contributed by atoms with Crippen LogP contribution in [0.4, 0.5) is 0 Å². The Bertz CT molecular complexity index is 991. The van der Waals surface area contributed by atoms with Crippen LogP contribution in [0.3, 0.4) is 0 Å². The van der Waals surface area contributed by atoms with Crippen LogP contribution >= 0.6 is 0 Å². The number of nitrogens with one attached hydrogen (secondary N) is 1. The van der Waals surface area contributed by atoms with Gasteiger partial charge >= 0.3 is 0 Å². The molecule has 3 aromatic heterocycles. The summed E-state index contributed by atoms with van der Waals surface area (Å²) in [4.78, 5) is 12.9. The molecule has 24 heavy (non-hydrogen) atoms. The lowest BCUT2D eigenvalue weighted by Crippen LogP contribution is -2.53. The van der Waals surface area contributed by atoms with Gasteiger partial charge in [-0.05, 0) is 52.0 Å². The summed E-state index contributed by atoms with van der Waals surface area (Å²) in [6.07, 6.45) is 3.95. The lowest BCUT2D eigenvalue weighted by atomic mass is 9.78. The van der Waals surface area contributed by atoms with Gasteiger partial charge in [0.05, 0.1) is 28.0 Å². The van der Waals surface area contributed by atoms with Crippen molar-refractivity contribution in [2.45, 2.75) is 45.7 Å². The molecule has 0 saturated heterocycles. The molecule has 1 aliphatic heterocycles. The quantitative estimate of drug-likeness (QED) is 0.744. The van der Waals surface area contributed by atoms with Gasteiger partial charge in [-0.2, -0.15) is 5.21 Å². The molecule has 0 saturated carbocycles. The van der Waals surface area contributed by atoms with E-state index in [1.165, 1.54) is 0 Å². The van der Waals surface area contributed by atoms with Crippen molar-refractivity contribution in [3.05, 3.63) is 40.3 Å². The Hall–Kier alpha value is -2.70. The molecule has 0 aromatic carbocycles. The van der Waals surface area contributed by atoms with Gasteiger partial charge in [0.25, 0.3) is 0 Å². The fourth-order valence-electron chi connectivity index (χ4n) is 3.58. The molecule has 1 N–H and O–H groups in total. The second kappa shape index (κ2) is 4.43. The first-order chi connectivity index (χ1) is 11.3. The molecule has 124 valence electrons. The smallest absolute Gasteiger partial charge is 0.210 e. The molecule has 4 rings (SSSR count). The first-order valence-electron chi connectivity index (χ1n) is 7.95. The summed E-state index contributed by atoms with van der Waals surface area (Å²) in [5.74, 6) is 0.327. The molecular formula is C17H20N6O. The summed E-state index contributed by atoms with van der Waals surface area (Å²) in [5.41, 5.74) is 2.66. The lowest BCUT2D eigenvalue weighted by molar-refractivity contribution is 0.117. The van der Waals surface area contributed by atoms with Crippen molar-refractivity contribution < 1.29 is 0 Å². The highest BCUT2D eigenvalue weighted by atomic mass is 16.1. The van der Waals surface area contributed by atoms with Crippen molar-refractivity contribution in [3.63, 3.8) is 0 Å². The topological polar surface area (TPSA) is 81.4 Å². The van der Waals surface area contributed by atoms with E-state index in [2.05, 4.69) is 69.7 Å². The monoisotopic (exact) mass is 324 g/mol. The average molecular weight is 324 g/mol. The van der Waals surface area contributed by atoms with Crippen LogP contribution in [0, 0.1) is 6.92 Å². The Morgan fingerprint density at radius 1 is 1.12 bits per heavy atom. The van der Waals surface area contributed by atoms with Crippen molar-refractivity contribution in [2.75, 3.05) is 0 Å². The Morgan fingerprint density at radius 2 is 1.83 bits per heavy atom. The standard InChI is InChI=1S/C17H20N6O/c1-10-13-12-7-6-8-22(12)16(2,3)17(4,5)23(13)9-11(14(10)24)15-18-20-21-19-15/h6-9H,1-5H3,(H,18,19,20,21). The van der Waals surface area contributed by atoms with E-state index in [-0.39, 0.29) is 16.5 Å². The number of aromatic nitrogens is 6. The molecule has 0 fully saturated rings. The molecule has 0 spiro atoms. The third kappa shape index (κ3) is 1.61. The minimum absolute atomic E-state index is 0.0640. The molecule has 0 aliphatic carbocycles. The molecule has 0 unspecified atom stereocenters. The SMILES string of the molecule is Cc1c2n(cc(-c3nn[nH]n3)c1=O)C(C)(C)C(C)(C)n1cccc1-2. The Labute approximate surface area is 139 Å². The lowest BCUT2D eigenvalue weighted by Gasteiger charge is -2.50. The van der Waals surface area contributed by atoms with E-state index in [9.17, 15) is 4.79 Å². The van der Waals surface area contributed by atoms with Gasteiger partial charge < -0.3 is 9.13 Å². The Kier molecular flexibility index (Phi) is 2.75. The largest absolute Gasteiger partial charge is 0.338 e. The number of rotatable bonds is 1. The predicted octanol–water partition coefficient (Wildman–Crippen LogP) is 2.29. The molecule has 0 amide bonds. The number of pyridine rings is 1. The van der Waals surface area contributed by atoms with Crippen molar-refractivity contribution in [3.8, 4) is 22.8 Å². The molecule has 3 aromatic rings. The first-order valence-corrected chi connectivity index (χ1v) is 7.95. The maximum absolute atomic E-state index is 12.9. The van der Waals surface area contributed by atoms with Gasteiger partial charge in [-0.1, -0.05) is 0 Å². The Morgan fingerprint density at radius 3 is 2.50 bits per heavy atom. The van der Waals surface area contributed by atoms with Crippen LogP contribution in [0.2, 0.25) is 0 Å². The summed E-state index contributed by atoms with van der Waals surface area (Å²) < 4.78 is 4.44. The number of fused-ring (bicyclic) bond motifs is 3. The number of hydrogen-bond acceptors (Lipinski definition) is 4. The number of aromatic amines is 1. The summed E-state index contributed by atoms with van der Waals surface area (Å²) in [7, 11) is 0. The molecule has 1 aliphatic rings. The van der Waals surface area contributed by atoms with Crippen LogP contribution in [-0.4, -0.2) is 29.8 Å².